The minimum atomic E-state index is 0.0510. The number of hydrogen-bond acceptors (Lipinski definition) is 1. The number of halogens is 1. The van der Waals surface area contributed by atoms with Crippen LogP contribution in [0.3, 0.4) is 0 Å². The molecule has 1 saturated carbocycles. The summed E-state index contributed by atoms with van der Waals surface area (Å²) in [7, 11) is 0. The van der Waals surface area contributed by atoms with E-state index in [1.54, 1.807) is 0 Å². The molecule has 104 valence electrons. The Morgan fingerprint density at radius 3 is 2.84 bits per heavy atom. The molecule has 0 heterocycles. The van der Waals surface area contributed by atoms with Crippen molar-refractivity contribution in [3.8, 4) is 0 Å². The van der Waals surface area contributed by atoms with Crippen molar-refractivity contribution in [3.05, 3.63) is 33.8 Å². The number of rotatable bonds is 2. The van der Waals surface area contributed by atoms with Crippen molar-refractivity contribution in [3.63, 3.8) is 0 Å². The molecule has 19 heavy (non-hydrogen) atoms. The van der Waals surface area contributed by atoms with Crippen LogP contribution < -0.4 is 5.32 Å². The van der Waals surface area contributed by atoms with Gasteiger partial charge in [-0.05, 0) is 59.7 Å². The predicted octanol–water partition coefficient (Wildman–Crippen LogP) is 4.46. The van der Waals surface area contributed by atoms with Gasteiger partial charge in [0, 0.05) is 10.5 Å². The van der Waals surface area contributed by atoms with Crippen molar-refractivity contribution in [2.45, 2.75) is 52.0 Å². The minimum absolute atomic E-state index is 0.0510. The zero-order chi connectivity index (χ0) is 13.8. The van der Waals surface area contributed by atoms with Crippen LogP contribution in [0.25, 0.3) is 0 Å². The number of benzene rings is 1. The molecule has 0 radical (unpaired) electrons. The van der Waals surface area contributed by atoms with E-state index in [1.165, 1.54) is 19.3 Å². The monoisotopic (exact) mass is 323 g/mol. The summed E-state index contributed by atoms with van der Waals surface area (Å²) >= 11 is 3.51. The highest BCUT2D eigenvalue weighted by molar-refractivity contribution is 9.10. The highest BCUT2D eigenvalue weighted by atomic mass is 79.9. The summed E-state index contributed by atoms with van der Waals surface area (Å²) in [4.78, 5) is 12.3. The van der Waals surface area contributed by atoms with E-state index in [0.717, 1.165) is 34.4 Å². The maximum absolute atomic E-state index is 12.3. The first-order valence-electron chi connectivity index (χ1n) is 7.14. The number of nitrogens with one attached hydrogen (secondary N) is 1. The molecule has 1 N–H and O–H groups in total. The second-order valence-corrected chi connectivity index (χ2v) is 6.51. The second kappa shape index (κ2) is 6.56. The molecule has 1 aromatic carbocycles. The van der Waals surface area contributed by atoms with Gasteiger partial charge in [0.25, 0.3) is 5.91 Å². The lowest BCUT2D eigenvalue weighted by Gasteiger charge is -2.17. The van der Waals surface area contributed by atoms with Gasteiger partial charge in [0.15, 0.2) is 0 Å². The lowest BCUT2D eigenvalue weighted by Crippen LogP contribution is -2.34. The zero-order valence-electron chi connectivity index (χ0n) is 11.7. The van der Waals surface area contributed by atoms with Crippen molar-refractivity contribution in [1.82, 2.24) is 5.32 Å². The number of hydrogen-bond donors (Lipinski definition) is 1. The van der Waals surface area contributed by atoms with Crippen LogP contribution in [0.2, 0.25) is 0 Å². The fourth-order valence-corrected chi connectivity index (χ4v) is 3.16. The van der Waals surface area contributed by atoms with Crippen LogP contribution >= 0.6 is 15.9 Å². The number of carbonyl (C=O) groups excluding carboxylic acids is 1. The molecule has 0 saturated heterocycles. The Morgan fingerprint density at radius 1 is 1.26 bits per heavy atom. The third-order valence-corrected chi connectivity index (χ3v) is 5.08. The van der Waals surface area contributed by atoms with E-state index in [-0.39, 0.29) is 5.91 Å². The second-order valence-electron chi connectivity index (χ2n) is 5.72. The van der Waals surface area contributed by atoms with E-state index in [0.29, 0.717) is 6.04 Å². The van der Waals surface area contributed by atoms with Crippen LogP contribution in [0, 0.1) is 12.8 Å². The molecule has 0 aromatic heterocycles. The molecule has 1 fully saturated rings. The fourth-order valence-electron chi connectivity index (χ4n) is 2.72. The van der Waals surface area contributed by atoms with Crippen LogP contribution in [0.4, 0.5) is 0 Å². The van der Waals surface area contributed by atoms with Crippen molar-refractivity contribution < 1.29 is 4.79 Å². The van der Waals surface area contributed by atoms with Crippen LogP contribution in [0.15, 0.2) is 22.7 Å². The molecule has 2 atom stereocenters. The van der Waals surface area contributed by atoms with Crippen molar-refractivity contribution in [1.29, 1.82) is 0 Å². The van der Waals surface area contributed by atoms with Crippen molar-refractivity contribution in [2.24, 2.45) is 5.92 Å². The number of amides is 1. The molecular weight excluding hydrogens is 302 g/mol. The molecule has 1 aliphatic rings. The summed E-state index contributed by atoms with van der Waals surface area (Å²) in [6, 6.07) is 6.16. The standard InChI is InChI=1S/C16H22BrNO/c1-11-5-3-7-13(10-9-11)18-16(19)14-8-4-6-12(2)15(14)17/h4,6,8,11,13H,3,5,7,9-10H2,1-2H3,(H,18,19). The molecule has 2 nitrogen and oxygen atoms in total. The van der Waals surface area contributed by atoms with Crippen LogP contribution in [0.5, 0.6) is 0 Å². The Hall–Kier alpha value is -0.830. The third kappa shape index (κ3) is 3.82. The molecule has 1 aliphatic carbocycles. The topological polar surface area (TPSA) is 29.1 Å². The summed E-state index contributed by atoms with van der Waals surface area (Å²) in [6.45, 7) is 4.32. The molecular formula is C16H22BrNO. The van der Waals surface area contributed by atoms with Gasteiger partial charge in [0.1, 0.15) is 0 Å². The van der Waals surface area contributed by atoms with E-state index in [9.17, 15) is 4.79 Å². The van der Waals surface area contributed by atoms with Gasteiger partial charge in [-0.3, -0.25) is 4.79 Å². The lowest BCUT2D eigenvalue weighted by atomic mass is 10.0. The lowest BCUT2D eigenvalue weighted by molar-refractivity contribution is 0.0932. The van der Waals surface area contributed by atoms with E-state index in [4.69, 9.17) is 0 Å². The van der Waals surface area contributed by atoms with Gasteiger partial charge in [-0.15, -0.1) is 0 Å². The van der Waals surface area contributed by atoms with Gasteiger partial charge in [0.2, 0.25) is 0 Å². The Labute approximate surface area is 124 Å². The zero-order valence-corrected chi connectivity index (χ0v) is 13.3. The average molecular weight is 324 g/mol. The maximum atomic E-state index is 12.3. The van der Waals surface area contributed by atoms with Crippen LogP contribution in [-0.4, -0.2) is 11.9 Å². The van der Waals surface area contributed by atoms with Gasteiger partial charge in [-0.25, -0.2) is 0 Å². The highest BCUT2D eigenvalue weighted by Gasteiger charge is 2.19. The van der Waals surface area contributed by atoms with E-state index < -0.39 is 0 Å². The van der Waals surface area contributed by atoms with Crippen LogP contribution in [0.1, 0.15) is 54.9 Å². The van der Waals surface area contributed by atoms with Gasteiger partial charge in [0.05, 0.1) is 5.56 Å². The summed E-state index contributed by atoms with van der Waals surface area (Å²) < 4.78 is 0.912. The summed E-state index contributed by atoms with van der Waals surface area (Å²) in [5.74, 6) is 0.850. The first-order valence-corrected chi connectivity index (χ1v) is 7.93. The van der Waals surface area contributed by atoms with Crippen molar-refractivity contribution >= 4 is 21.8 Å². The first kappa shape index (κ1) is 14.6. The smallest absolute Gasteiger partial charge is 0.252 e. The molecule has 0 spiro atoms. The Balaban J connectivity index is 2.02. The SMILES string of the molecule is Cc1cccc(C(=O)NC2CCCC(C)CC2)c1Br. The molecule has 2 unspecified atom stereocenters. The molecule has 1 aromatic rings. The summed E-state index contributed by atoms with van der Waals surface area (Å²) in [6.07, 6.45) is 5.96. The minimum Gasteiger partial charge on any atom is -0.349 e. The van der Waals surface area contributed by atoms with Gasteiger partial charge >= 0.3 is 0 Å². The summed E-state index contributed by atoms with van der Waals surface area (Å²) in [5.41, 5.74) is 1.85. The molecule has 1 amide bonds. The Kier molecular flexibility index (Phi) is 5.03. The highest BCUT2D eigenvalue weighted by Crippen LogP contribution is 2.24. The first-order chi connectivity index (χ1) is 9.08. The number of carbonyl (C=O) groups is 1. The van der Waals surface area contributed by atoms with Gasteiger partial charge in [-0.2, -0.15) is 0 Å². The largest absolute Gasteiger partial charge is 0.349 e. The van der Waals surface area contributed by atoms with E-state index in [1.807, 2.05) is 25.1 Å². The van der Waals surface area contributed by atoms with Crippen LogP contribution in [-0.2, 0) is 0 Å². The fraction of sp³-hybridized carbons (Fsp3) is 0.562. The average Bonchev–Trinajstić information content (AvgIpc) is 2.58. The number of aryl methyl sites for hydroxylation is 1. The predicted molar refractivity (Wildman–Crippen MR) is 82.4 cm³/mol. The third-order valence-electron chi connectivity index (χ3n) is 4.03. The summed E-state index contributed by atoms with van der Waals surface area (Å²) in [5, 5.41) is 3.19. The molecule has 0 bridgehead atoms. The van der Waals surface area contributed by atoms with Gasteiger partial charge < -0.3 is 5.32 Å². The van der Waals surface area contributed by atoms with Crippen molar-refractivity contribution in [2.75, 3.05) is 0 Å². The normalized spacial score (nSPS) is 23.7. The Morgan fingerprint density at radius 2 is 2.05 bits per heavy atom. The molecule has 3 heteroatoms. The maximum Gasteiger partial charge on any atom is 0.252 e. The van der Waals surface area contributed by atoms with Gasteiger partial charge in [-0.1, -0.05) is 31.9 Å². The van der Waals surface area contributed by atoms with E-state index in [2.05, 4.69) is 28.2 Å². The quantitative estimate of drug-likeness (QED) is 0.800. The van der Waals surface area contributed by atoms with E-state index >= 15 is 0 Å². The molecule has 0 aliphatic heterocycles. The molecule has 2 rings (SSSR count). The Bertz CT molecular complexity index is 458.